The molecule has 0 aliphatic rings. The third kappa shape index (κ3) is 6.83. The Hall–Kier alpha value is -1.56. The molecule has 7 heteroatoms. The molecule has 0 aliphatic heterocycles. The van der Waals surface area contributed by atoms with Crippen LogP contribution in [0, 0.1) is 0 Å². The van der Waals surface area contributed by atoms with Crippen LogP contribution in [0.15, 0.2) is 11.6 Å². The molecule has 6 nitrogen and oxygen atoms in total. The summed E-state index contributed by atoms with van der Waals surface area (Å²) in [6, 6.07) is 0. The highest BCUT2D eigenvalue weighted by Crippen LogP contribution is 1.95. The van der Waals surface area contributed by atoms with Gasteiger partial charge in [-0.25, -0.2) is 9.59 Å². The lowest BCUT2D eigenvalue weighted by Crippen LogP contribution is -2.32. The number of ether oxygens (including phenoxy) is 1. The van der Waals surface area contributed by atoms with Crippen molar-refractivity contribution in [3.63, 3.8) is 0 Å². The number of amides is 2. The highest BCUT2D eigenvalue weighted by Gasteiger charge is 2.06. The van der Waals surface area contributed by atoms with E-state index in [1.807, 2.05) is 5.32 Å². The fraction of sp³-hybridized carbons (Fsp3) is 0.444. The van der Waals surface area contributed by atoms with E-state index < -0.39 is 18.0 Å². The number of halogens is 1. The number of hydrogen-bond acceptors (Lipinski definition) is 4. The van der Waals surface area contributed by atoms with Gasteiger partial charge in [0, 0.05) is 12.0 Å². The minimum atomic E-state index is -1.03. The number of carboxylic acid groups (broad SMARTS) is 1. The van der Waals surface area contributed by atoms with Crippen molar-refractivity contribution in [1.82, 2.24) is 5.32 Å². The van der Waals surface area contributed by atoms with Crippen molar-refractivity contribution in [2.24, 2.45) is 0 Å². The summed E-state index contributed by atoms with van der Waals surface area (Å²) < 4.78 is 4.58. The van der Waals surface area contributed by atoms with Gasteiger partial charge in [0.1, 0.15) is 5.88 Å². The Morgan fingerprint density at radius 1 is 1.44 bits per heavy atom. The Kier molecular flexibility index (Phi) is 6.95. The number of carbonyl (C=O) groups is 3. The van der Waals surface area contributed by atoms with Crippen LogP contribution in [0.5, 0.6) is 0 Å². The molecule has 0 radical (unpaired) electrons. The summed E-state index contributed by atoms with van der Waals surface area (Å²) in [6.07, 6.45) is 0.784. The minimum absolute atomic E-state index is 0.00792. The van der Waals surface area contributed by atoms with Crippen LogP contribution in [-0.2, 0) is 14.3 Å². The highest BCUT2D eigenvalue weighted by atomic mass is 35.5. The molecule has 0 saturated carbocycles. The minimum Gasteiger partial charge on any atom is -0.478 e. The molecule has 0 aromatic rings. The summed E-state index contributed by atoms with van der Waals surface area (Å²) in [4.78, 5) is 31.8. The molecule has 0 aromatic heterocycles. The van der Waals surface area contributed by atoms with E-state index in [1.54, 1.807) is 0 Å². The molecule has 0 saturated heterocycles. The van der Waals surface area contributed by atoms with Crippen LogP contribution < -0.4 is 5.32 Å². The second-order valence-corrected chi connectivity index (χ2v) is 3.07. The van der Waals surface area contributed by atoms with Gasteiger partial charge >= 0.3 is 12.1 Å². The van der Waals surface area contributed by atoms with Crippen LogP contribution >= 0.6 is 11.6 Å². The number of aliphatic carboxylic acids is 1. The van der Waals surface area contributed by atoms with Gasteiger partial charge in [-0.1, -0.05) is 6.08 Å². The van der Waals surface area contributed by atoms with E-state index in [1.165, 1.54) is 13.0 Å². The monoisotopic (exact) mass is 249 g/mol. The zero-order valence-electron chi connectivity index (χ0n) is 8.66. The van der Waals surface area contributed by atoms with Gasteiger partial charge in [0.2, 0.25) is 5.91 Å². The zero-order chi connectivity index (χ0) is 12.6. The van der Waals surface area contributed by atoms with Gasteiger partial charge in [-0.2, -0.15) is 0 Å². The molecule has 90 valence electrons. The maximum absolute atomic E-state index is 10.8. The first kappa shape index (κ1) is 14.4. The van der Waals surface area contributed by atoms with Crippen molar-refractivity contribution in [2.75, 3.05) is 12.5 Å². The molecule has 16 heavy (non-hydrogen) atoms. The van der Waals surface area contributed by atoms with Crippen molar-refractivity contribution in [2.45, 2.75) is 13.3 Å². The normalized spacial score (nSPS) is 10.8. The van der Waals surface area contributed by atoms with Gasteiger partial charge in [-0.3, -0.25) is 10.1 Å². The van der Waals surface area contributed by atoms with E-state index in [2.05, 4.69) is 4.74 Å². The van der Waals surface area contributed by atoms with Crippen LogP contribution in [-0.4, -0.2) is 35.6 Å². The summed E-state index contributed by atoms with van der Waals surface area (Å²) in [7, 11) is 0. The van der Waals surface area contributed by atoms with Crippen molar-refractivity contribution >= 4 is 29.6 Å². The van der Waals surface area contributed by atoms with Crippen molar-refractivity contribution in [3.8, 4) is 0 Å². The lowest BCUT2D eigenvalue weighted by atomic mass is 10.2. The molecule has 0 aromatic carbocycles. The van der Waals surface area contributed by atoms with Gasteiger partial charge in [0.15, 0.2) is 0 Å². The lowest BCUT2D eigenvalue weighted by Gasteiger charge is -2.03. The SMILES string of the molecule is CC(=CCCOC(=O)NC(=O)CCl)C(=O)O. The van der Waals surface area contributed by atoms with Crippen LogP contribution in [0.1, 0.15) is 13.3 Å². The average molecular weight is 250 g/mol. The number of hydrogen-bond donors (Lipinski definition) is 2. The maximum atomic E-state index is 10.8. The van der Waals surface area contributed by atoms with E-state index >= 15 is 0 Å². The predicted molar refractivity (Wildman–Crippen MR) is 56.2 cm³/mol. The summed E-state index contributed by atoms with van der Waals surface area (Å²) in [6.45, 7) is 1.42. The van der Waals surface area contributed by atoms with Crippen LogP contribution in [0.3, 0.4) is 0 Å². The van der Waals surface area contributed by atoms with Crippen LogP contribution in [0.2, 0.25) is 0 Å². The summed E-state index contributed by atoms with van der Waals surface area (Å²) in [5.41, 5.74) is 0.167. The average Bonchev–Trinajstić information content (AvgIpc) is 2.23. The molecule has 0 heterocycles. The topological polar surface area (TPSA) is 92.7 Å². The standard InChI is InChI=1S/C9H12ClNO5/c1-6(8(13)14)3-2-4-16-9(15)11-7(12)5-10/h3H,2,4-5H2,1H3,(H,13,14)(H,11,12,15). The Labute approximate surface area is 97.2 Å². The maximum Gasteiger partial charge on any atom is 0.413 e. The highest BCUT2D eigenvalue weighted by molar-refractivity contribution is 6.28. The van der Waals surface area contributed by atoms with Gasteiger partial charge in [-0.15, -0.1) is 11.6 Å². The molecule has 0 unspecified atom stereocenters. The molecule has 0 fully saturated rings. The second kappa shape index (κ2) is 7.70. The van der Waals surface area contributed by atoms with Gasteiger partial charge in [0.05, 0.1) is 6.61 Å². The molecule has 0 aliphatic carbocycles. The number of carboxylic acids is 1. The molecule has 0 rings (SSSR count). The number of alkyl carbamates (subject to hydrolysis) is 1. The van der Waals surface area contributed by atoms with E-state index in [0.717, 1.165) is 0 Å². The number of carbonyl (C=O) groups excluding carboxylic acids is 2. The van der Waals surface area contributed by atoms with E-state index in [0.29, 0.717) is 0 Å². The first-order valence-corrected chi connectivity index (χ1v) is 4.93. The molecular weight excluding hydrogens is 238 g/mol. The van der Waals surface area contributed by atoms with Crippen molar-refractivity contribution in [3.05, 3.63) is 11.6 Å². The van der Waals surface area contributed by atoms with E-state index in [-0.39, 0.29) is 24.5 Å². The molecule has 0 spiro atoms. The fourth-order valence-electron chi connectivity index (χ4n) is 0.698. The Balaban J connectivity index is 3.75. The molecule has 2 amide bonds. The van der Waals surface area contributed by atoms with E-state index in [9.17, 15) is 14.4 Å². The van der Waals surface area contributed by atoms with Gasteiger partial charge in [-0.05, 0) is 6.92 Å². The van der Waals surface area contributed by atoms with Crippen molar-refractivity contribution in [1.29, 1.82) is 0 Å². The number of nitrogens with one attached hydrogen (secondary N) is 1. The largest absolute Gasteiger partial charge is 0.478 e. The summed E-state index contributed by atoms with van der Waals surface area (Å²) in [5.74, 6) is -2.00. The van der Waals surface area contributed by atoms with Gasteiger partial charge < -0.3 is 9.84 Å². The third-order valence-corrected chi connectivity index (χ3v) is 1.74. The Morgan fingerprint density at radius 3 is 2.56 bits per heavy atom. The predicted octanol–water partition coefficient (Wildman–Crippen LogP) is 0.899. The molecular formula is C9H12ClNO5. The second-order valence-electron chi connectivity index (χ2n) is 2.80. The van der Waals surface area contributed by atoms with Crippen LogP contribution in [0.4, 0.5) is 4.79 Å². The number of alkyl halides is 1. The first-order chi connectivity index (χ1) is 7.47. The molecule has 0 bridgehead atoms. The first-order valence-electron chi connectivity index (χ1n) is 4.40. The van der Waals surface area contributed by atoms with Crippen LogP contribution in [0.25, 0.3) is 0 Å². The fourth-order valence-corrected chi connectivity index (χ4v) is 0.765. The zero-order valence-corrected chi connectivity index (χ0v) is 9.41. The van der Waals surface area contributed by atoms with Gasteiger partial charge in [0.25, 0.3) is 0 Å². The van der Waals surface area contributed by atoms with Crippen molar-refractivity contribution < 1.29 is 24.2 Å². The number of rotatable bonds is 5. The molecule has 2 N–H and O–H groups in total. The van der Waals surface area contributed by atoms with E-state index in [4.69, 9.17) is 16.7 Å². The summed E-state index contributed by atoms with van der Waals surface area (Å²) >= 11 is 5.14. The molecule has 0 atom stereocenters. The Morgan fingerprint density at radius 2 is 2.06 bits per heavy atom. The lowest BCUT2D eigenvalue weighted by molar-refractivity contribution is -0.132. The number of imide groups is 1. The Bertz CT molecular complexity index is 313. The third-order valence-electron chi connectivity index (χ3n) is 1.50. The smallest absolute Gasteiger partial charge is 0.413 e. The summed E-state index contributed by atoms with van der Waals surface area (Å²) in [5, 5.41) is 10.4. The quantitative estimate of drug-likeness (QED) is 0.429.